The lowest BCUT2D eigenvalue weighted by molar-refractivity contribution is 1.04. The van der Waals surface area contributed by atoms with E-state index in [0.717, 1.165) is 33.4 Å². The van der Waals surface area contributed by atoms with Crippen LogP contribution in [0.5, 0.6) is 0 Å². The largest absolute Gasteiger partial charge is 0.329 e. The number of rotatable bonds is 1. The molecule has 0 amide bonds. The number of benzene rings is 1. The van der Waals surface area contributed by atoms with Crippen molar-refractivity contribution in [2.24, 2.45) is 0 Å². The molecule has 0 bridgehead atoms. The molecule has 3 aromatic heterocycles. The third kappa shape index (κ3) is 1.86. The lowest BCUT2D eigenvalue weighted by Gasteiger charge is -2.08. The highest BCUT2D eigenvalue weighted by Gasteiger charge is 2.11. The molecule has 5 heteroatoms. The minimum absolute atomic E-state index is 0.638. The second kappa shape index (κ2) is 4.49. The number of nitrogens with one attached hydrogen (secondary N) is 1. The van der Waals surface area contributed by atoms with Crippen LogP contribution in [-0.4, -0.2) is 19.5 Å². The van der Waals surface area contributed by atoms with E-state index in [-0.39, 0.29) is 0 Å². The Morgan fingerprint density at radius 3 is 2.90 bits per heavy atom. The van der Waals surface area contributed by atoms with Gasteiger partial charge in [0, 0.05) is 17.3 Å². The van der Waals surface area contributed by atoms with Crippen molar-refractivity contribution in [2.45, 2.75) is 6.92 Å². The fraction of sp³-hybridized carbons (Fsp3) is 0.0625. The van der Waals surface area contributed by atoms with Gasteiger partial charge in [0.1, 0.15) is 0 Å². The lowest BCUT2D eigenvalue weighted by Crippen LogP contribution is -1.98. The molecule has 3 heterocycles. The van der Waals surface area contributed by atoms with Gasteiger partial charge in [0.25, 0.3) is 0 Å². The summed E-state index contributed by atoms with van der Waals surface area (Å²) in [4.78, 5) is 12.2. The third-order valence-corrected chi connectivity index (χ3v) is 3.82. The van der Waals surface area contributed by atoms with Crippen molar-refractivity contribution in [1.82, 2.24) is 19.5 Å². The van der Waals surface area contributed by atoms with Gasteiger partial charge in [-0.3, -0.25) is 9.55 Å². The van der Waals surface area contributed by atoms with Gasteiger partial charge in [0.2, 0.25) is 0 Å². The summed E-state index contributed by atoms with van der Waals surface area (Å²) in [5, 5.41) is 1.06. The number of fused-ring (bicyclic) bond motifs is 2. The van der Waals surface area contributed by atoms with Gasteiger partial charge in [-0.15, -0.1) is 0 Å². The molecule has 0 atom stereocenters. The van der Waals surface area contributed by atoms with E-state index in [1.807, 2.05) is 54.0 Å². The summed E-state index contributed by atoms with van der Waals surface area (Å²) < 4.78 is 2.61. The van der Waals surface area contributed by atoms with E-state index in [9.17, 15) is 0 Å². The molecule has 1 N–H and O–H groups in total. The number of pyridine rings is 2. The average molecular weight is 292 g/mol. The summed E-state index contributed by atoms with van der Waals surface area (Å²) in [5.41, 5.74) is 4.68. The van der Waals surface area contributed by atoms with Crippen LogP contribution < -0.4 is 0 Å². The van der Waals surface area contributed by atoms with Gasteiger partial charge >= 0.3 is 0 Å². The molecule has 0 spiro atoms. The van der Waals surface area contributed by atoms with Crippen LogP contribution in [0.25, 0.3) is 27.8 Å². The molecular weight excluding hydrogens is 280 g/mol. The molecular formula is C16H12N4S. The van der Waals surface area contributed by atoms with E-state index in [1.54, 1.807) is 6.20 Å². The second-order valence-electron chi connectivity index (χ2n) is 4.94. The van der Waals surface area contributed by atoms with Crippen molar-refractivity contribution in [2.75, 3.05) is 0 Å². The minimum atomic E-state index is 0.638. The number of aromatic nitrogens is 4. The van der Waals surface area contributed by atoms with Crippen molar-refractivity contribution in [1.29, 1.82) is 0 Å². The highest BCUT2D eigenvalue weighted by molar-refractivity contribution is 7.71. The predicted molar refractivity (Wildman–Crippen MR) is 86.3 cm³/mol. The lowest BCUT2D eigenvalue weighted by atomic mass is 10.2. The minimum Gasteiger partial charge on any atom is -0.329 e. The normalized spacial score (nSPS) is 11.3. The number of nitrogens with zero attached hydrogens (tertiary/aromatic N) is 3. The van der Waals surface area contributed by atoms with Crippen LogP contribution in [0.2, 0.25) is 0 Å². The first-order chi connectivity index (χ1) is 10.2. The molecule has 4 rings (SSSR count). The van der Waals surface area contributed by atoms with Gasteiger partial charge in [-0.1, -0.05) is 6.07 Å². The Bertz CT molecular complexity index is 1020. The Balaban J connectivity index is 2.16. The molecule has 1 aromatic carbocycles. The molecule has 0 aliphatic carbocycles. The van der Waals surface area contributed by atoms with Crippen molar-refractivity contribution in [3.05, 3.63) is 59.1 Å². The summed E-state index contributed by atoms with van der Waals surface area (Å²) in [6.45, 7) is 1.98. The van der Waals surface area contributed by atoms with E-state index in [0.29, 0.717) is 4.77 Å². The van der Waals surface area contributed by atoms with E-state index < -0.39 is 0 Å². The van der Waals surface area contributed by atoms with Gasteiger partial charge in [-0.2, -0.15) is 0 Å². The van der Waals surface area contributed by atoms with Crippen molar-refractivity contribution < 1.29 is 0 Å². The quantitative estimate of drug-likeness (QED) is 0.540. The Morgan fingerprint density at radius 2 is 2.00 bits per heavy atom. The topological polar surface area (TPSA) is 46.5 Å². The zero-order valence-electron chi connectivity index (χ0n) is 11.4. The Morgan fingerprint density at radius 1 is 1.10 bits per heavy atom. The van der Waals surface area contributed by atoms with Crippen LogP contribution in [0.15, 0.2) is 48.7 Å². The van der Waals surface area contributed by atoms with Gasteiger partial charge in [0.05, 0.1) is 16.7 Å². The first kappa shape index (κ1) is 12.2. The maximum absolute atomic E-state index is 5.49. The number of imidazole rings is 1. The molecule has 0 aliphatic rings. The van der Waals surface area contributed by atoms with Crippen LogP contribution in [0.1, 0.15) is 5.69 Å². The van der Waals surface area contributed by atoms with Crippen LogP contribution >= 0.6 is 12.2 Å². The Kier molecular flexibility index (Phi) is 2.62. The predicted octanol–water partition coefficient (Wildman–Crippen LogP) is 3.94. The summed E-state index contributed by atoms with van der Waals surface area (Å²) in [5.74, 6) is 0. The van der Waals surface area contributed by atoms with E-state index in [1.165, 1.54) is 0 Å². The number of hydrogen-bond acceptors (Lipinski definition) is 3. The fourth-order valence-corrected chi connectivity index (χ4v) is 2.88. The highest BCUT2D eigenvalue weighted by atomic mass is 32.1. The van der Waals surface area contributed by atoms with Crippen LogP contribution in [0, 0.1) is 11.7 Å². The summed E-state index contributed by atoms with van der Waals surface area (Å²) in [6, 6.07) is 14.0. The SMILES string of the molecule is Cc1ccc2[nH]c(=S)n(-c3cccc4ncccc34)c2n1. The maximum atomic E-state index is 5.49. The average Bonchev–Trinajstić information content (AvgIpc) is 2.82. The molecule has 0 saturated heterocycles. The number of H-pyrrole nitrogens is 1. The smallest absolute Gasteiger partial charge is 0.184 e. The van der Waals surface area contributed by atoms with Gasteiger partial charge < -0.3 is 4.98 Å². The van der Waals surface area contributed by atoms with Crippen LogP contribution in [0.3, 0.4) is 0 Å². The van der Waals surface area contributed by atoms with Crippen molar-refractivity contribution in [3.63, 3.8) is 0 Å². The molecule has 0 radical (unpaired) electrons. The summed E-state index contributed by atoms with van der Waals surface area (Å²) in [7, 11) is 0. The molecule has 4 aromatic rings. The second-order valence-corrected chi connectivity index (χ2v) is 5.32. The number of aromatic amines is 1. The zero-order chi connectivity index (χ0) is 14.4. The highest BCUT2D eigenvalue weighted by Crippen LogP contribution is 2.24. The zero-order valence-corrected chi connectivity index (χ0v) is 12.2. The van der Waals surface area contributed by atoms with E-state index in [4.69, 9.17) is 12.2 Å². The first-order valence-corrected chi connectivity index (χ1v) is 7.07. The molecule has 0 saturated carbocycles. The van der Waals surface area contributed by atoms with Gasteiger partial charge in [0.15, 0.2) is 10.4 Å². The molecule has 4 nitrogen and oxygen atoms in total. The monoisotopic (exact) mass is 292 g/mol. The maximum Gasteiger partial charge on any atom is 0.184 e. The van der Waals surface area contributed by atoms with Crippen molar-refractivity contribution >= 4 is 34.3 Å². The molecule has 0 unspecified atom stereocenters. The van der Waals surface area contributed by atoms with Crippen LogP contribution in [0.4, 0.5) is 0 Å². The third-order valence-electron chi connectivity index (χ3n) is 3.53. The molecule has 102 valence electrons. The van der Waals surface area contributed by atoms with Gasteiger partial charge in [-0.05, 0) is 55.5 Å². The van der Waals surface area contributed by atoms with Crippen molar-refractivity contribution in [3.8, 4) is 5.69 Å². The first-order valence-electron chi connectivity index (χ1n) is 6.66. The van der Waals surface area contributed by atoms with E-state index >= 15 is 0 Å². The standard InChI is InChI=1S/C16H12N4S/c1-10-7-8-13-15(18-10)20(16(21)19-13)14-6-2-5-12-11(14)4-3-9-17-12/h2-9H,1H3,(H,19,21). The molecule has 0 aliphatic heterocycles. The number of aryl methyl sites for hydroxylation is 1. The van der Waals surface area contributed by atoms with E-state index in [2.05, 4.69) is 15.0 Å². The summed E-state index contributed by atoms with van der Waals surface area (Å²) >= 11 is 5.49. The Hall–Kier alpha value is -2.53. The Labute approximate surface area is 126 Å². The number of hydrogen-bond donors (Lipinski definition) is 1. The summed E-state index contributed by atoms with van der Waals surface area (Å²) in [6.07, 6.45) is 1.79. The van der Waals surface area contributed by atoms with Gasteiger partial charge in [-0.25, -0.2) is 4.98 Å². The van der Waals surface area contributed by atoms with Crippen LogP contribution in [-0.2, 0) is 0 Å². The molecule has 0 fully saturated rings. The molecule has 21 heavy (non-hydrogen) atoms. The fourth-order valence-electron chi connectivity index (χ4n) is 2.58.